The number of benzene rings is 2. The van der Waals surface area contributed by atoms with Gasteiger partial charge in [0.1, 0.15) is 23.0 Å². The average molecular weight is 485 g/mol. The Labute approximate surface area is 203 Å². The van der Waals surface area contributed by atoms with Crippen LogP contribution in [0.4, 0.5) is 5.69 Å². The zero-order chi connectivity index (χ0) is 24.5. The van der Waals surface area contributed by atoms with Gasteiger partial charge in [-0.15, -0.1) is 16.8 Å². The quantitative estimate of drug-likeness (QED) is 0.299. The van der Waals surface area contributed by atoms with E-state index in [2.05, 4.69) is 22.1 Å². The molecule has 3 aromatic rings. The van der Waals surface area contributed by atoms with Gasteiger partial charge >= 0.3 is 0 Å². The first-order valence-electron chi connectivity index (χ1n) is 10.5. The first kappa shape index (κ1) is 25.0. The number of anilines is 1. The molecule has 0 aliphatic carbocycles. The summed E-state index contributed by atoms with van der Waals surface area (Å²) in [5, 5.41) is 12.0. The van der Waals surface area contributed by atoms with Crippen molar-refractivity contribution in [2.24, 2.45) is 0 Å². The van der Waals surface area contributed by atoms with Crippen LogP contribution in [-0.4, -0.2) is 47.8 Å². The summed E-state index contributed by atoms with van der Waals surface area (Å²) < 4.78 is 23.7. The van der Waals surface area contributed by atoms with Crippen LogP contribution in [0.3, 0.4) is 0 Å². The second-order valence-corrected chi connectivity index (χ2v) is 8.02. The summed E-state index contributed by atoms with van der Waals surface area (Å²) in [7, 11) is 4.71. The van der Waals surface area contributed by atoms with E-state index < -0.39 is 0 Å². The molecule has 180 valence electrons. The third-order valence-corrected chi connectivity index (χ3v) is 5.76. The van der Waals surface area contributed by atoms with E-state index in [1.54, 1.807) is 44.6 Å². The molecule has 0 bridgehead atoms. The number of carbonyl (C=O) groups excluding carboxylic acids is 1. The van der Waals surface area contributed by atoms with Crippen molar-refractivity contribution in [1.29, 1.82) is 0 Å². The minimum Gasteiger partial charge on any atom is -0.497 e. The number of ether oxygens (including phenoxy) is 4. The van der Waals surface area contributed by atoms with E-state index in [0.29, 0.717) is 46.2 Å². The van der Waals surface area contributed by atoms with Gasteiger partial charge in [-0.25, -0.2) is 0 Å². The lowest BCUT2D eigenvalue weighted by Crippen LogP contribution is -2.16. The summed E-state index contributed by atoms with van der Waals surface area (Å²) >= 11 is 1.27. The van der Waals surface area contributed by atoms with Crippen molar-refractivity contribution in [3.8, 4) is 23.0 Å². The van der Waals surface area contributed by atoms with Crippen molar-refractivity contribution in [2.45, 2.75) is 24.7 Å². The number of nitrogens with zero attached hydrogens (tertiary/aromatic N) is 3. The predicted octanol–water partition coefficient (Wildman–Crippen LogP) is 4.36. The van der Waals surface area contributed by atoms with E-state index in [1.807, 2.05) is 29.7 Å². The molecule has 0 saturated carbocycles. The fourth-order valence-electron chi connectivity index (χ4n) is 3.16. The average Bonchev–Trinajstić information content (AvgIpc) is 3.26. The Balaban J connectivity index is 1.68. The fourth-order valence-corrected chi connectivity index (χ4v) is 3.91. The lowest BCUT2D eigenvalue weighted by molar-refractivity contribution is -0.113. The third kappa shape index (κ3) is 6.22. The number of thioether (sulfide) groups is 1. The molecule has 1 amide bonds. The summed E-state index contributed by atoms with van der Waals surface area (Å²) in [6, 6.07) is 12.5. The van der Waals surface area contributed by atoms with Gasteiger partial charge in [-0.2, -0.15) is 0 Å². The maximum Gasteiger partial charge on any atom is 0.234 e. The van der Waals surface area contributed by atoms with Crippen molar-refractivity contribution in [3.63, 3.8) is 0 Å². The SMILES string of the molecule is C=CCn1c(SCC(=O)Nc2ccc(OC)cc2OC)nnc1C(C)Oc1cccc(OC)c1. The number of aromatic nitrogens is 3. The molecule has 1 heterocycles. The predicted molar refractivity (Wildman–Crippen MR) is 131 cm³/mol. The Bertz CT molecular complexity index is 1130. The standard InChI is InChI=1S/C24H28N4O5S/c1-6-12-28-23(16(2)33-19-9-7-8-17(13-19)30-3)26-27-24(28)34-15-22(29)25-20-11-10-18(31-4)14-21(20)32-5/h6-11,13-14,16H,1,12,15H2,2-5H3,(H,25,29). The minimum absolute atomic E-state index is 0.135. The molecule has 1 unspecified atom stereocenters. The van der Waals surface area contributed by atoms with Gasteiger partial charge in [-0.1, -0.05) is 23.9 Å². The number of nitrogens with one attached hydrogen (secondary N) is 1. The topological polar surface area (TPSA) is 96.7 Å². The molecule has 1 N–H and O–H groups in total. The number of methoxy groups -OCH3 is 3. The highest BCUT2D eigenvalue weighted by molar-refractivity contribution is 7.99. The molecule has 1 aromatic heterocycles. The zero-order valence-corrected chi connectivity index (χ0v) is 20.4. The van der Waals surface area contributed by atoms with E-state index in [0.717, 1.165) is 0 Å². The van der Waals surface area contributed by atoms with E-state index in [9.17, 15) is 4.79 Å². The van der Waals surface area contributed by atoms with Crippen LogP contribution in [0.2, 0.25) is 0 Å². The molecular formula is C24H28N4O5S. The van der Waals surface area contributed by atoms with Crippen LogP contribution < -0.4 is 24.3 Å². The summed E-state index contributed by atoms with van der Waals surface area (Å²) in [6.45, 7) is 6.19. The number of allylic oxidation sites excluding steroid dienone is 1. The molecule has 9 nitrogen and oxygen atoms in total. The molecule has 10 heteroatoms. The van der Waals surface area contributed by atoms with Gasteiger partial charge in [-0.05, 0) is 31.2 Å². The highest BCUT2D eigenvalue weighted by Gasteiger charge is 2.20. The zero-order valence-electron chi connectivity index (χ0n) is 19.6. The van der Waals surface area contributed by atoms with E-state index in [-0.39, 0.29) is 17.8 Å². The molecule has 3 rings (SSSR count). The van der Waals surface area contributed by atoms with Crippen molar-refractivity contribution in [1.82, 2.24) is 14.8 Å². The van der Waals surface area contributed by atoms with Crippen molar-refractivity contribution < 1.29 is 23.7 Å². The molecule has 0 aliphatic rings. The first-order chi connectivity index (χ1) is 16.5. The lowest BCUT2D eigenvalue weighted by Gasteiger charge is -2.16. The summed E-state index contributed by atoms with van der Waals surface area (Å²) in [5.41, 5.74) is 0.558. The third-order valence-electron chi connectivity index (χ3n) is 4.79. The monoisotopic (exact) mass is 484 g/mol. The van der Waals surface area contributed by atoms with Gasteiger partial charge in [-0.3, -0.25) is 9.36 Å². The van der Waals surface area contributed by atoms with E-state index >= 15 is 0 Å². The van der Waals surface area contributed by atoms with Crippen LogP contribution >= 0.6 is 11.8 Å². The molecule has 0 saturated heterocycles. The number of amides is 1. The minimum atomic E-state index is -0.383. The molecule has 0 spiro atoms. The summed E-state index contributed by atoms with van der Waals surface area (Å²) in [5.74, 6) is 3.06. The van der Waals surface area contributed by atoms with Crippen LogP contribution in [0.15, 0.2) is 60.3 Å². The largest absolute Gasteiger partial charge is 0.497 e. The molecule has 0 radical (unpaired) electrons. The van der Waals surface area contributed by atoms with Gasteiger partial charge < -0.3 is 24.3 Å². The van der Waals surface area contributed by atoms with E-state index in [4.69, 9.17) is 18.9 Å². The van der Waals surface area contributed by atoms with Crippen LogP contribution in [0.5, 0.6) is 23.0 Å². The molecule has 1 atom stereocenters. The fraction of sp³-hybridized carbons (Fsp3) is 0.292. The van der Waals surface area contributed by atoms with Crippen molar-refractivity contribution in [3.05, 3.63) is 60.9 Å². The van der Waals surface area contributed by atoms with Crippen LogP contribution in [0, 0.1) is 0 Å². The van der Waals surface area contributed by atoms with Gasteiger partial charge in [0.2, 0.25) is 5.91 Å². The second-order valence-electron chi connectivity index (χ2n) is 7.08. The Morgan fingerprint density at radius 3 is 2.53 bits per heavy atom. The normalized spacial score (nSPS) is 11.4. The number of rotatable bonds is 12. The van der Waals surface area contributed by atoms with Gasteiger partial charge in [0.25, 0.3) is 0 Å². The number of hydrogen-bond acceptors (Lipinski definition) is 8. The lowest BCUT2D eigenvalue weighted by atomic mass is 10.2. The second kappa shape index (κ2) is 12.0. The highest BCUT2D eigenvalue weighted by Crippen LogP contribution is 2.30. The summed E-state index contributed by atoms with van der Waals surface area (Å²) in [6.07, 6.45) is 1.36. The van der Waals surface area contributed by atoms with Gasteiger partial charge in [0, 0.05) is 18.7 Å². The Morgan fingerprint density at radius 2 is 1.82 bits per heavy atom. The highest BCUT2D eigenvalue weighted by atomic mass is 32.2. The Hall–Kier alpha value is -3.66. The number of hydrogen-bond donors (Lipinski definition) is 1. The molecule has 0 fully saturated rings. The molecule has 34 heavy (non-hydrogen) atoms. The van der Waals surface area contributed by atoms with Crippen molar-refractivity contribution in [2.75, 3.05) is 32.4 Å². The van der Waals surface area contributed by atoms with E-state index in [1.165, 1.54) is 18.9 Å². The maximum absolute atomic E-state index is 12.6. The maximum atomic E-state index is 12.6. The van der Waals surface area contributed by atoms with Crippen LogP contribution in [0.25, 0.3) is 0 Å². The van der Waals surface area contributed by atoms with Gasteiger partial charge in [0.15, 0.2) is 17.1 Å². The smallest absolute Gasteiger partial charge is 0.234 e. The van der Waals surface area contributed by atoms with Crippen LogP contribution in [0.1, 0.15) is 18.9 Å². The Morgan fingerprint density at radius 1 is 1.09 bits per heavy atom. The van der Waals surface area contributed by atoms with Gasteiger partial charge in [0.05, 0.1) is 32.8 Å². The first-order valence-corrected chi connectivity index (χ1v) is 11.5. The molecule has 2 aromatic carbocycles. The van der Waals surface area contributed by atoms with Crippen molar-refractivity contribution >= 4 is 23.4 Å². The Kier molecular flexibility index (Phi) is 8.80. The molecule has 0 aliphatic heterocycles. The molecular weight excluding hydrogens is 456 g/mol. The summed E-state index contributed by atoms with van der Waals surface area (Å²) in [4.78, 5) is 12.6. The number of carbonyl (C=O) groups is 1. The van der Waals surface area contributed by atoms with Crippen LogP contribution in [-0.2, 0) is 11.3 Å².